The van der Waals surface area contributed by atoms with E-state index < -0.39 is 24.2 Å². The largest absolute Gasteiger partial charge is 0.396 e. The van der Waals surface area contributed by atoms with Gasteiger partial charge >= 0.3 is 0 Å². The Balaban J connectivity index is 2.63. The minimum absolute atomic E-state index is 0.0717. The molecule has 1 saturated heterocycles. The molecule has 1 fully saturated rings. The second-order valence-corrected chi connectivity index (χ2v) is 5.48. The van der Waals surface area contributed by atoms with Crippen molar-refractivity contribution in [3.8, 4) is 0 Å². The number of hydrogen-bond donors (Lipinski definition) is 4. The molecule has 1 heterocycles. The quantitative estimate of drug-likeness (QED) is 0.494. The summed E-state index contributed by atoms with van der Waals surface area (Å²) in [5.41, 5.74) is 5.82. The van der Waals surface area contributed by atoms with Crippen LogP contribution in [0.25, 0.3) is 0 Å². The molecule has 6 nitrogen and oxygen atoms in total. The first-order valence-corrected chi connectivity index (χ1v) is 6.38. The van der Waals surface area contributed by atoms with Crippen molar-refractivity contribution in [2.45, 2.75) is 38.5 Å². The van der Waals surface area contributed by atoms with Crippen molar-refractivity contribution < 1.29 is 20.1 Å². The van der Waals surface area contributed by atoms with Gasteiger partial charge in [-0.2, -0.15) is 0 Å². The van der Waals surface area contributed by atoms with Crippen LogP contribution < -0.4 is 5.73 Å². The first kappa shape index (κ1) is 15.4. The molecule has 6 heteroatoms. The van der Waals surface area contributed by atoms with Crippen molar-refractivity contribution in [3.63, 3.8) is 0 Å². The molecule has 0 spiro atoms. The highest BCUT2D eigenvalue weighted by Gasteiger charge is 2.37. The van der Waals surface area contributed by atoms with Gasteiger partial charge in [0.25, 0.3) is 0 Å². The minimum Gasteiger partial charge on any atom is -0.396 e. The summed E-state index contributed by atoms with van der Waals surface area (Å²) < 4.78 is 0. The summed E-state index contributed by atoms with van der Waals surface area (Å²) in [6.45, 7) is 4.01. The van der Waals surface area contributed by atoms with E-state index in [1.165, 1.54) is 4.90 Å². The molecule has 0 aromatic carbocycles. The number of nitrogens with zero attached hydrogens (tertiary/aromatic N) is 1. The number of piperidine rings is 1. The summed E-state index contributed by atoms with van der Waals surface area (Å²) in [6, 6.07) is -0.591. The molecular formula is C12H24N2O4. The smallest absolute Gasteiger partial charge is 0.239 e. The summed E-state index contributed by atoms with van der Waals surface area (Å²) in [6.07, 6.45) is -1.43. The Labute approximate surface area is 107 Å². The van der Waals surface area contributed by atoms with Gasteiger partial charge in [0.15, 0.2) is 0 Å². The fraction of sp³-hybridized carbons (Fsp3) is 0.917. The predicted octanol–water partition coefficient (Wildman–Crippen LogP) is -1.47. The molecule has 1 rings (SSSR count). The van der Waals surface area contributed by atoms with Crippen LogP contribution in [0.2, 0.25) is 0 Å². The van der Waals surface area contributed by atoms with Crippen LogP contribution >= 0.6 is 0 Å². The SMILES string of the molecule is CC(C)CC(N)C(=O)N1CC(O)C(O)C(CO)C1. The van der Waals surface area contributed by atoms with Crippen molar-refractivity contribution in [2.75, 3.05) is 19.7 Å². The van der Waals surface area contributed by atoms with Gasteiger partial charge in [-0.3, -0.25) is 4.79 Å². The first-order valence-electron chi connectivity index (χ1n) is 6.38. The van der Waals surface area contributed by atoms with E-state index in [4.69, 9.17) is 10.8 Å². The van der Waals surface area contributed by atoms with Gasteiger partial charge in [-0.25, -0.2) is 0 Å². The molecule has 106 valence electrons. The summed E-state index contributed by atoms with van der Waals surface area (Å²) in [5, 5.41) is 28.4. The molecule has 1 amide bonds. The van der Waals surface area contributed by atoms with E-state index in [-0.39, 0.29) is 25.6 Å². The third-order valence-corrected chi connectivity index (χ3v) is 3.33. The van der Waals surface area contributed by atoms with Gasteiger partial charge in [0.2, 0.25) is 5.91 Å². The number of aliphatic hydroxyl groups excluding tert-OH is 3. The van der Waals surface area contributed by atoms with Gasteiger partial charge in [0.05, 0.1) is 24.9 Å². The Kier molecular flexibility index (Phi) is 5.52. The zero-order valence-electron chi connectivity index (χ0n) is 11.0. The molecule has 5 N–H and O–H groups in total. The summed E-state index contributed by atoms with van der Waals surface area (Å²) >= 11 is 0. The molecule has 0 aromatic heterocycles. The fourth-order valence-electron chi connectivity index (χ4n) is 2.30. The van der Waals surface area contributed by atoms with E-state index in [1.807, 2.05) is 13.8 Å². The molecule has 0 saturated carbocycles. The van der Waals surface area contributed by atoms with Crippen molar-refractivity contribution in [3.05, 3.63) is 0 Å². The Bertz CT molecular complexity index is 285. The molecule has 1 aliphatic rings. The molecule has 4 unspecified atom stereocenters. The zero-order chi connectivity index (χ0) is 13.9. The lowest BCUT2D eigenvalue weighted by Gasteiger charge is -2.39. The van der Waals surface area contributed by atoms with Crippen molar-refractivity contribution in [1.82, 2.24) is 4.90 Å². The molecule has 0 radical (unpaired) electrons. The lowest BCUT2D eigenvalue weighted by atomic mass is 9.92. The average Bonchev–Trinajstić information content (AvgIpc) is 2.30. The van der Waals surface area contributed by atoms with Crippen LogP contribution in [0.1, 0.15) is 20.3 Å². The lowest BCUT2D eigenvalue weighted by Crippen LogP contribution is -2.58. The normalized spacial score (nSPS) is 30.6. The van der Waals surface area contributed by atoms with Crippen molar-refractivity contribution >= 4 is 5.91 Å². The number of aliphatic hydroxyl groups is 3. The molecule has 18 heavy (non-hydrogen) atoms. The van der Waals surface area contributed by atoms with Gasteiger partial charge in [-0.1, -0.05) is 13.8 Å². The number of carbonyl (C=O) groups excluding carboxylic acids is 1. The van der Waals surface area contributed by atoms with E-state index in [0.29, 0.717) is 12.3 Å². The Morgan fingerprint density at radius 3 is 2.50 bits per heavy atom. The van der Waals surface area contributed by atoms with Crippen LogP contribution in [0.5, 0.6) is 0 Å². The van der Waals surface area contributed by atoms with Crippen LogP contribution in [-0.2, 0) is 4.79 Å². The number of rotatable bonds is 4. The maximum Gasteiger partial charge on any atom is 0.239 e. The number of β-amino-alcohol motifs (C(OH)–C–C–N with tert-alkyl or cyclic N) is 1. The minimum atomic E-state index is -1.02. The van der Waals surface area contributed by atoms with E-state index in [1.54, 1.807) is 0 Å². The number of carbonyl (C=O) groups is 1. The van der Waals surface area contributed by atoms with Crippen LogP contribution in [-0.4, -0.2) is 64.1 Å². The lowest BCUT2D eigenvalue weighted by molar-refractivity contribution is -0.145. The number of nitrogens with two attached hydrogens (primary N) is 1. The summed E-state index contributed by atoms with van der Waals surface area (Å²) in [5.74, 6) is -0.421. The highest BCUT2D eigenvalue weighted by Crippen LogP contribution is 2.19. The Hall–Kier alpha value is -0.690. The molecular weight excluding hydrogens is 236 g/mol. The Morgan fingerprint density at radius 2 is 2.00 bits per heavy atom. The monoisotopic (exact) mass is 260 g/mol. The van der Waals surface area contributed by atoms with E-state index in [9.17, 15) is 15.0 Å². The van der Waals surface area contributed by atoms with E-state index in [0.717, 1.165) is 0 Å². The van der Waals surface area contributed by atoms with Crippen LogP contribution in [0, 0.1) is 11.8 Å². The summed E-state index contributed by atoms with van der Waals surface area (Å²) in [7, 11) is 0. The molecule has 0 bridgehead atoms. The topological polar surface area (TPSA) is 107 Å². The van der Waals surface area contributed by atoms with Crippen LogP contribution in [0.15, 0.2) is 0 Å². The maximum atomic E-state index is 12.1. The third kappa shape index (κ3) is 3.65. The predicted molar refractivity (Wildman–Crippen MR) is 66.6 cm³/mol. The van der Waals surface area contributed by atoms with Gasteiger partial charge in [0.1, 0.15) is 0 Å². The molecule has 4 atom stereocenters. The highest BCUT2D eigenvalue weighted by atomic mass is 16.3. The van der Waals surface area contributed by atoms with Gasteiger partial charge in [-0.15, -0.1) is 0 Å². The van der Waals surface area contributed by atoms with Gasteiger partial charge in [0, 0.05) is 19.0 Å². The fourth-order valence-corrected chi connectivity index (χ4v) is 2.30. The standard InChI is InChI=1S/C12H24N2O4/c1-7(2)3-9(13)12(18)14-4-8(6-15)11(17)10(16)5-14/h7-11,15-17H,3-6,13H2,1-2H3. The zero-order valence-corrected chi connectivity index (χ0v) is 11.0. The van der Waals surface area contributed by atoms with E-state index >= 15 is 0 Å². The third-order valence-electron chi connectivity index (χ3n) is 3.33. The number of likely N-dealkylation sites (tertiary alicyclic amines) is 1. The van der Waals surface area contributed by atoms with Gasteiger partial charge in [-0.05, 0) is 12.3 Å². The molecule has 1 aliphatic heterocycles. The first-order chi connectivity index (χ1) is 8.36. The molecule has 0 aliphatic carbocycles. The summed E-state index contributed by atoms with van der Waals surface area (Å²) in [4.78, 5) is 13.5. The van der Waals surface area contributed by atoms with Crippen molar-refractivity contribution in [2.24, 2.45) is 17.6 Å². The van der Waals surface area contributed by atoms with Crippen LogP contribution in [0.4, 0.5) is 0 Å². The van der Waals surface area contributed by atoms with Gasteiger partial charge < -0.3 is 26.0 Å². The maximum absolute atomic E-state index is 12.1. The number of hydrogen-bond acceptors (Lipinski definition) is 5. The second kappa shape index (κ2) is 6.47. The average molecular weight is 260 g/mol. The number of amides is 1. The van der Waals surface area contributed by atoms with Crippen LogP contribution in [0.3, 0.4) is 0 Å². The van der Waals surface area contributed by atoms with Crippen molar-refractivity contribution in [1.29, 1.82) is 0 Å². The molecule has 0 aromatic rings. The highest BCUT2D eigenvalue weighted by molar-refractivity contribution is 5.81. The second-order valence-electron chi connectivity index (χ2n) is 5.48. The van der Waals surface area contributed by atoms with E-state index in [2.05, 4.69) is 0 Å². The Morgan fingerprint density at radius 1 is 1.39 bits per heavy atom.